The maximum absolute atomic E-state index is 6.40. The van der Waals surface area contributed by atoms with Crippen molar-refractivity contribution in [2.75, 3.05) is 4.90 Å². The minimum Gasteiger partial charge on any atom is -0.456 e. The molecule has 4 heteroatoms. The predicted octanol–water partition coefficient (Wildman–Crippen LogP) is 12.9. The van der Waals surface area contributed by atoms with Gasteiger partial charge in [0.05, 0.1) is 17.3 Å². The first kappa shape index (κ1) is 30.7. The Labute approximate surface area is 318 Å². The summed E-state index contributed by atoms with van der Waals surface area (Å²) in [6.45, 7) is 4.74. The summed E-state index contributed by atoms with van der Waals surface area (Å²) in [7, 11) is 0. The Morgan fingerprint density at radius 2 is 1.29 bits per heavy atom. The van der Waals surface area contributed by atoms with E-state index < -0.39 is 0 Å². The van der Waals surface area contributed by atoms with E-state index >= 15 is 0 Å². The number of nitrogens with zero attached hydrogens (tertiary/aromatic N) is 3. The Balaban J connectivity index is 1.03. The Morgan fingerprint density at radius 3 is 2.16 bits per heavy atom. The largest absolute Gasteiger partial charge is 0.456 e. The van der Waals surface area contributed by atoms with Crippen LogP contribution >= 0.6 is 0 Å². The van der Waals surface area contributed by atoms with Gasteiger partial charge in [-0.05, 0) is 75.7 Å². The molecule has 12 rings (SSSR count). The molecule has 0 saturated heterocycles. The fourth-order valence-corrected chi connectivity index (χ4v) is 9.82. The van der Waals surface area contributed by atoms with E-state index in [-0.39, 0.29) is 17.4 Å². The lowest BCUT2D eigenvalue weighted by Crippen LogP contribution is -2.31. The van der Waals surface area contributed by atoms with Gasteiger partial charge in [0, 0.05) is 55.4 Å². The van der Waals surface area contributed by atoms with Crippen LogP contribution in [0.4, 0.5) is 11.4 Å². The standard InChI is InChI=1S/C51H35N3O/c1-51(2)41-28-46-39(26-37(41)38-27-40-34-19-10-13-23-47(34)55-48(40)29-42(38)51)33-18-9-12-22-44(33)54(46)45-25-24-35(31-16-6-7-17-32(31)45)50-52-43-21-11-8-20-36(43)49(53-50)30-14-4-3-5-15-30/h3-29,39,46H,1-2H3. The Kier molecular flexibility index (Phi) is 6.20. The van der Waals surface area contributed by atoms with Gasteiger partial charge in [0.2, 0.25) is 0 Å². The highest BCUT2D eigenvalue weighted by Gasteiger charge is 2.47. The lowest BCUT2D eigenvalue weighted by molar-refractivity contribution is 0.633. The van der Waals surface area contributed by atoms with Crippen LogP contribution in [0.25, 0.3) is 71.8 Å². The number of fused-ring (bicyclic) bond motifs is 11. The highest BCUT2D eigenvalue weighted by atomic mass is 16.3. The van der Waals surface area contributed by atoms with Gasteiger partial charge in [-0.1, -0.05) is 135 Å². The van der Waals surface area contributed by atoms with Crippen LogP contribution in [-0.2, 0) is 5.41 Å². The van der Waals surface area contributed by atoms with E-state index in [1.54, 1.807) is 0 Å². The van der Waals surface area contributed by atoms with Gasteiger partial charge in [-0.2, -0.15) is 0 Å². The van der Waals surface area contributed by atoms with Crippen molar-refractivity contribution in [3.63, 3.8) is 0 Å². The number of hydrogen-bond acceptors (Lipinski definition) is 4. The fraction of sp³-hybridized carbons (Fsp3) is 0.0980. The van der Waals surface area contributed by atoms with Crippen molar-refractivity contribution in [2.24, 2.45) is 0 Å². The maximum Gasteiger partial charge on any atom is 0.161 e. The molecular weight excluding hydrogens is 671 g/mol. The second kappa shape index (κ2) is 11.1. The second-order valence-electron chi connectivity index (χ2n) is 15.7. The molecule has 2 aromatic heterocycles. The number of furan rings is 1. The van der Waals surface area contributed by atoms with Crippen LogP contribution in [0.5, 0.6) is 0 Å². The van der Waals surface area contributed by atoms with Crippen LogP contribution in [0.2, 0.25) is 0 Å². The highest BCUT2D eigenvalue weighted by Crippen LogP contribution is 2.58. The summed E-state index contributed by atoms with van der Waals surface area (Å²) in [6.07, 6.45) is 5.13. The van der Waals surface area contributed by atoms with Crippen molar-refractivity contribution in [3.8, 4) is 22.6 Å². The SMILES string of the molecule is CC1(C)C2=CC3C(C=C2c2cc4c(cc21)oc1ccccc14)c1ccccc1N3c1ccc(-c2nc(-c3ccccc3)c3ccccc3n2)c2ccccc12. The molecule has 3 aliphatic rings. The van der Waals surface area contributed by atoms with Crippen molar-refractivity contribution in [1.29, 1.82) is 0 Å². The van der Waals surface area contributed by atoms with Gasteiger partial charge in [-0.15, -0.1) is 0 Å². The lowest BCUT2D eigenvalue weighted by Gasteiger charge is -2.34. The van der Waals surface area contributed by atoms with Crippen molar-refractivity contribution < 1.29 is 4.42 Å². The van der Waals surface area contributed by atoms with Crippen molar-refractivity contribution >= 4 is 60.6 Å². The summed E-state index contributed by atoms with van der Waals surface area (Å²) < 4.78 is 6.40. The van der Waals surface area contributed by atoms with E-state index in [0.29, 0.717) is 0 Å². The summed E-state index contributed by atoms with van der Waals surface area (Å²) in [4.78, 5) is 13.0. The Hall–Kier alpha value is -6.78. The number of benzene rings is 7. The molecule has 4 nitrogen and oxygen atoms in total. The Morgan fingerprint density at radius 1 is 0.564 bits per heavy atom. The van der Waals surface area contributed by atoms with Crippen LogP contribution < -0.4 is 4.90 Å². The second-order valence-corrected chi connectivity index (χ2v) is 15.7. The molecule has 3 heterocycles. The number of rotatable bonds is 3. The average Bonchev–Trinajstić information content (AvgIpc) is 3.83. The number of anilines is 2. The van der Waals surface area contributed by atoms with Crippen LogP contribution in [-0.4, -0.2) is 16.0 Å². The number of hydrogen-bond donors (Lipinski definition) is 0. The molecule has 0 N–H and O–H groups in total. The predicted molar refractivity (Wildman–Crippen MR) is 226 cm³/mol. The van der Waals surface area contributed by atoms with Gasteiger partial charge < -0.3 is 9.32 Å². The first-order valence-corrected chi connectivity index (χ1v) is 19.2. The van der Waals surface area contributed by atoms with E-state index in [1.165, 1.54) is 55.4 Å². The Bertz CT molecular complexity index is 3150. The van der Waals surface area contributed by atoms with Gasteiger partial charge in [0.1, 0.15) is 11.2 Å². The maximum atomic E-state index is 6.40. The summed E-state index contributed by atoms with van der Waals surface area (Å²) >= 11 is 0. The molecule has 260 valence electrons. The molecule has 2 aliphatic carbocycles. The number of para-hydroxylation sites is 3. The molecule has 0 fully saturated rings. The van der Waals surface area contributed by atoms with Crippen LogP contribution in [0.1, 0.15) is 36.5 Å². The zero-order valence-electron chi connectivity index (χ0n) is 30.5. The minimum absolute atomic E-state index is 0.115. The van der Waals surface area contributed by atoms with Gasteiger partial charge in [-0.25, -0.2) is 9.97 Å². The summed E-state index contributed by atoms with van der Waals surface area (Å²) in [5.74, 6) is 0.931. The van der Waals surface area contributed by atoms with Crippen molar-refractivity contribution in [1.82, 2.24) is 9.97 Å². The molecule has 1 aliphatic heterocycles. The highest BCUT2D eigenvalue weighted by molar-refractivity contribution is 6.09. The van der Waals surface area contributed by atoms with Gasteiger partial charge in [-0.3, -0.25) is 0 Å². The quantitative estimate of drug-likeness (QED) is 0.183. The molecule has 9 aromatic rings. The summed E-state index contributed by atoms with van der Waals surface area (Å²) in [5.41, 5.74) is 14.9. The van der Waals surface area contributed by atoms with E-state index in [0.717, 1.165) is 50.1 Å². The smallest absolute Gasteiger partial charge is 0.161 e. The van der Waals surface area contributed by atoms with Crippen molar-refractivity contribution in [3.05, 3.63) is 186 Å². The summed E-state index contributed by atoms with van der Waals surface area (Å²) in [5, 5.41) is 5.72. The normalized spacial score (nSPS) is 18.0. The van der Waals surface area contributed by atoms with Crippen molar-refractivity contribution in [2.45, 2.75) is 31.2 Å². The fourth-order valence-electron chi connectivity index (χ4n) is 9.82. The van der Waals surface area contributed by atoms with Gasteiger partial charge in [0.25, 0.3) is 0 Å². The molecule has 55 heavy (non-hydrogen) atoms. The topological polar surface area (TPSA) is 42.2 Å². The molecule has 0 amide bonds. The molecule has 0 saturated carbocycles. The molecule has 7 aromatic carbocycles. The van der Waals surface area contributed by atoms with Gasteiger partial charge >= 0.3 is 0 Å². The minimum atomic E-state index is -0.185. The van der Waals surface area contributed by atoms with E-state index in [9.17, 15) is 0 Å². The molecule has 0 bridgehead atoms. The molecular formula is C51H35N3O. The van der Waals surface area contributed by atoms with Crippen LogP contribution in [0.15, 0.2) is 174 Å². The van der Waals surface area contributed by atoms with Crippen LogP contribution in [0, 0.1) is 0 Å². The van der Waals surface area contributed by atoms with Crippen LogP contribution in [0.3, 0.4) is 0 Å². The van der Waals surface area contributed by atoms with E-state index in [4.69, 9.17) is 14.4 Å². The zero-order valence-corrected chi connectivity index (χ0v) is 30.5. The average molecular weight is 706 g/mol. The molecule has 0 radical (unpaired) electrons. The molecule has 2 atom stereocenters. The summed E-state index contributed by atoms with van der Waals surface area (Å²) in [6, 6.07) is 54.2. The third-order valence-electron chi connectivity index (χ3n) is 12.4. The van der Waals surface area contributed by atoms with E-state index in [2.05, 4.69) is 170 Å². The van der Waals surface area contributed by atoms with Gasteiger partial charge in [0.15, 0.2) is 5.82 Å². The lowest BCUT2D eigenvalue weighted by atomic mass is 9.77. The third kappa shape index (κ3) is 4.28. The van der Waals surface area contributed by atoms with E-state index in [1.807, 2.05) is 12.1 Å². The number of allylic oxidation sites excluding steroid dienone is 2. The number of aromatic nitrogens is 2. The first-order valence-electron chi connectivity index (χ1n) is 19.2. The monoisotopic (exact) mass is 705 g/mol. The zero-order chi connectivity index (χ0) is 36.4. The third-order valence-corrected chi connectivity index (χ3v) is 12.4. The first-order chi connectivity index (χ1) is 27.0. The molecule has 2 unspecified atom stereocenters. The molecule has 0 spiro atoms.